The van der Waals surface area contributed by atoms with Gasteiger partial charge in [0.15, 0.2) is 5.78 Å². The van der Waals surface area contributed by atoms with Crippen LogP contribution in [0.2, 0.25) is 5.02 Å². The van der Waals surface area contributed by atoms with Crippen molar-refractivity contribution in [3.8, 4) is 17.2 Å². The number of urea groups is 1. The van der Waals surface area contributed by atoms with Crippen LogP contribution in [0.15, 0.2) is 97.5 Å². The molecule has 0 aliphatic carbocycles. The van der Waals surface area contributed by atoms with Crippen LogP contribution in [0.5, 0.6) is 17.2 Å². The van der Waals surface area contributed by atoms with Crippen molar-refractivity contribution in [2.45, 2.75) is 25.7 Å². The van der Waals surface area contributed by atoms with Gasteiger partial charge in [-0.25, -0.2) is 19.2 Å². The number of nitrogens with zero attached hydrogens (tertiary/aromatic N) is 6. The Hall–Kier alpha value is -7.04. The molecular formula is C48H47ClFN9O6. The van der Waals surface area contributed by atoms with Gasteiger partial charge in [-0.05, 0) is 92.4 Å². The van der Waals surface area contributed by atoms with E-state index >= 15 is 4.39 Å². The predicted octanol–water partition coefficient (Wildman–Crippen LogP) is 8.04. The summed E-state index contributed by atoms with van der Waals surface area (Å²) in [5.41, 5.74) is 2.95. The Morgan fingerprint density at radius 3 is 2.40 bits per heavy atom. The first-order valence-electron chi connectivity index (χ1n) is 21.6. The number of carbonyl (C=O) groups excluding carboxylic acids is 4. The average molecular weight is 900 g/mol. The Bertz CT molecular complexity index is 2760. The number of hydrogen-bond donors (Lipinski definition) is 3. The fourth-order valence-electron chi connectivity index (χ4n) is 8.74. The first-order chi connectivity index (χ1) is 31.6. The van der Waals surface area contributed by atoms with Gasteiger partial charge in [0.1, 0.15) is 40.9 Å². The number of fused-ring (bicyclic) bond motifs is 1. The van der Waals surface area contributed by atoms with Gasteiger partial charge in [-0.2, -0.15) is 0 Å². The lowest BCUT2D eigenvalue weighted by Gasteiger charge is -2.37. The van der Waals surface area contributed by atoms with E-state index in [1.807, 2.05) is 41.3 Å². The number of piperidine rings is 1. The molecule has 0 bridgehead atoms. The fraction of sp³-hybridized carbons (Fsp3) is 0.292. The number of anilines is 4. The van der Waals surface area contributed by atoms with Crippen LogP contribution in [0, 0.1) is 11.7 Å². The first kappa shape index (κ1) is 43.2. The number of aromatic amines is 1. The number of aromatic nitrogens is 3. The maximum atomic E-state index is 15.8. The molecule has 0 atom stereocenters. The molecule has 0 saturated carbocycles. The molecule has 3 aliphatic heterocycles. The van der Waals surface area contributed by atoms with Crippen molar-refractivity contribution in [3.05, 3.63) is 125 Å². The summed E-state index contributed by atoms with van der Waals surface area (Å²) in [5, 5.41) is 6.21. The van der Waals surface area contributed by atoms with Crippen molar-refractivity contribution in [3.63, 3.8) is 0 Å². The highest BCUT2D eigenvalue weighted by Gasteiger charge is 2.30. The lowest BCUT2D eigenvalue weighted by Crippen LogP contribution is -2.50. The topological polar surface area (TPSA) is 165 Å². The molecule has 3 saturated heterocycles. The third-order valence-electron chi connectivity index (χ3n) is 12.3. The number of ketones is 1. The van der Waals surface area contributed by atoms with E-state index in [0.717, 1.165) is 52.0 Å². The van der Waals surface area contributed by atoms with Crippen molar-refractivity contribution in [2.24, 2.45) is 5.92 Å². The molecule has 9 rings (SSSR count). The number of carbonyl (C=O) groups is 4. The Morgan fingerprint density at radius 2 is 1.66 bits per heavy atom. The van der Waals surface area contributed by atoms with E-state index in [9.17, 15) is 19.2 Å². The molecule has 65 heavy (non-hydrogen) atoms. The summed E-state index contributed by atoms with van der Waals surface area (Å²) in [5.74, 6) is 1.29. The van der Waals surface area contributed by atoms with E-state index in [2.05, 4.69) is 35.4 Å². The molecule has 3 aliphatic rings. The van der Waals surface area contributed by atoms with E-state index in [0.29, 0.717) is 81.3 Å². The third kappa shape index (κ3) is 9.45. The monoisotopic (exact) mass is 899 g/mol. The number of imide groups is 1. The standard InChI is InChI=1S/C48H47ClFN9O6/c1-64-41-12-7-31(25-40(41)59-20-16-42(60)55-48(59)63)47(62)58-23-21-56(22-24-58)17-13-30-14-18-57(19-15-30)39-11-8-32(26-38(39)50)54-46-43-36(28-51-45(43)52-29-53-46)44(61)35-10-9-34(27-37(35)49)65-33-5-3-2-4-6-33/h2-12,25-30H,13-24H2,1H3,(H,55,60,63)(H2,51,52,53,54). The molecule has 2 aromatic heterocycles. The summed E-state index contributed by atoms with van der Waals surface area (Å²) in [6.45, 7) is 5.28. The SMILES string of the molecule is COc1ccc(C(=O)N2CCN(CCC3CCN(c4ccc(Nc5ncnc6[nH]cc(C(=O)c7ccc(Oc8ccccc8)cc7Cl)c56)cc4F)CC3)CC2)cc1N1CCC(=O)NC1=O. The molecule has 0 unspecified atom stereocenters. The van der Waals surface area contributed by atoms with Gasteiger partial charge in [0, 0.05) is 81.3 Å². The average Bonchev–Trinajstić information content (AvgIpc) is 3.77. The van der Waals surface area contributed by atoms with Gasteiger partial charge in [0.25, 0.3) is 5.91 Å². The maximum Gasteiger partial charge on any atom is 0.328 e. The second-order valence-electron chi connectivity index (χ2n) is 16.3. The Balaban J connectivity index is 0.764. The number of nitrogens with one attached hydrogen (secondary N) is 3. The van der Waals surface area contributed by atoms with Crippen LogP contribution in [-0.2, 0) is 4.79 Å². The minimum Gasteiger partial charge on any atom is -0.495 e. The molecule has 15 nitrogen and oxygen atoms in total. The number of benzene rings is 4. The van der Waals surface area contributed by atoms with Crippen molar-refractivity contribution in [2.75, 3.05) is 74.6 Å². The number of para-hydroxylation sites is 1. The highest BCUT2D eigenvalue weighted by molar-refractivity contribution is 6.36. The fourth-order valence-corrected chi connectivity index (χ4v) is 9.00. The normalized spacial score (nSPS) is 16.1. The molecular weight excluding hydrogens is 853 g/mol. The number of ether oxygens (including phenoxy) is 2. The number of halogens is 2. The third-order valence-corrected chi connectivity index (χ3v) is 12.6. The van der Waals surface area contributed by atoms with Crippen molar-refractivity contribution >= 4 is 69.1 Å². The number of amides is 4. The molecule has 17 heteroatoms. The number of rotatable bonds is 13. The summed E-state index contributed by atoms with van der Waals surface area (Å²) in [6, 6.07) is 23.7. The number of methoxy groups -OCH3 is 1. The molecule has 0 spiro atoms. The minimum atomic E-state index is -0.537. The van der Waals surface area contributed by atoms with Gasteiger partial charge >= 0.3 is 6.03 Å². The van der Waals surface area contributed by atoms with Crippen molar-refractivity contribution < 1.29 is 33.0 Å². The Kier molecular flexibility index (Phi) is 12.6. The Morgan fingerprint density at radius 1 is 0.862 bits per heavy atom. The van der Waals surface area contributed by atoms with Crippen LogP contribution in [0.3, 0.4) is 0 Å². The quantitative estimate of drug-likeness (QED) is 0.0962. The highest BCUT2D eigenvalue weighted by atomic mass is 35.5. The van der Waals surface area contributed by atoms with E-state index in [1.54, 1.807) is 48.7 Å². The van der Waals surface area contributed by atoms with Crippen LogP contribution < -0.4 is 29.9 Å². The lowest BCUT2D eigenvalue weighted by molar-refractivity contribution is -0.120. The zero-order valence-corrected chi connectivity index (χ0v) is 36.4. The second kappa shape index (κ2) is 19.0. The summed E-state index contributed by atoms with van der Waals surface area (Å²) in [6.07, 6.45) is 6.01. The summed E-state index contributed by atoms with van der Waals surface area (Å²) >= 11 is 6.61. The molecule has 0 radical (unpaired) electrons. The van der Waals surface area contributed by atoms with Crippen LogP contribution in [0.4, 0.5) is 32.1 Å². The van der Waals surface area contributed by atoms with Crippen molar-refractivity contribution in [1.82, 2.24) is 30.1 Å². The van der Waals surface area contributed by atoms with Gasteiger partial charge in [-0.1, -0.05) is 29.8 Å². The van der Waals surface area contributed by atoms with Crippen LogP contribution >= 0.6 is 11.6 Å². The van der Waals surface area contributed by atoms with Gasteiger partial charge in [-0.3, -0.25) is 29.5 Å². The zero-order chi connectivity index (χ0) is 45.0. The second-order valence-corrected chi connectivity index (χ2v) is 16.7. The number of hydrogen-bond acceptors (Lipinski definition) is 11. The molecule has 334 valence electrons. The van der Waals surface area contributed by atoms with Gasteiger partial charge in [-0.15, -0.1) is 0 Å². The highest BCUT2D eigenvalue weighted by Crippen LogP contribution is 2.35. The Labute approximate surface area is 379 Å². The maximum absolute atomic E-state index is 15.8. The summed E-state index contributed by atoms with van der Waals surface area (Å²) in [4.78, 5) is 71.2. The van der Waals surface area contributed by atoms with E-state index in [-0.39, 0.29) is 47.0 Å². The molecule has 6 aromatic rings. The molecule has 4 amide bonds. The molecule has 5 heterocycles. The van der Waals surface area contributed by atoms with E-state index < -0.39 is 6.03 Å². The first-order valence-corrected chi connectivity index (χ1v) is 22.0. The summed E-state index contributed by atoms with van der Waals surface area (Å²) in [7, 11) is 1.50. The minimum absolute atomic E-state index is 0.113. The zero-order valence-electron chi connectivity index (χ0n) is 35.7. The molecule has 3 fully saturated rings. The number of H-pyrrole nitrogens is 1. The molecule has 4 aromatic carbocycles. The lowest BCUT2D eigenvalue weighted by atomic mass is 9.93. The summed E-state index contributed by atoms with van der Waals surface area (Å²) < 4.78 is 27.2. The largest absolute Gasteiger partial charge is 0.495 e. The number of piperazine rings is 1. The van der Waals surface area contributed by atoms with Gasteiger partial charge < -0.3 is 29.6 Å². The van der Waals surface area contributed by atoms with Gasteiger partial charge in [0.05, 0.1) is 34.5 Å². The van der Waals surface area contributed by atoms with E-state index in [4.69, 9.17) is 21.1 Å². The van der Waals surface area contributed by atoms with E-state index in [1.165, 1.54) is 24.4 Å². The van der Waals surface area contributed by atoms with Crippen LogP contribution in [0.1, 0.15) is 52.0 Å². The smallest absolute Gasteiger partial charge is 0.328 e. The van der Waals surface area contributed by atoms with Gasteiger partial charge in [0.2, 0.25) is 5.91 Å². The van der Waals surface area contributed by atoms with Crippen LogP contribution in [-0.4, -0.2) is 108 Å². The predicted molar refractivity (Wildman–Crippen MR) is 245 cm³/mol. The van der Waals surface area contributed by atoms with Crippen LogP contribution in [0.25, 0.3) is 11.0 Å². The molecule has 3 N–H and O–H groups in total. The van der Waals surface area contributed by atoms with Crippen molar-refractivity contribution in [1.29, 1.82) is 0 Å².